The molecule has 19 heavy (non-hydrogen) atoms. The van der Waals surface area contributed by atoms with Gasteiger partial charge in [0, 0.05) is 6.42 Å². The van der Waals surface area contributed by atoms with Gasteiger partial charge in [0.1, 0.15) is 6.10 Å². The first-order valence-corrected chi connectivity index (χ1v) is 6.29. The summed E-state index contributed by atoms with van der Waals surface area (Å²) in [6.45, 7) is 4.86. The highest BCUT2D eigenvalue weighted by molar-refractivity contribution is 5.71. The number of unbranched alkanes of at least 4 members (excludes halogenated alkanes) is 2. The van der Waals surface area contributed by atoms with E-state index in [0.717, 1.165) is 12.8 Å². The van der Waals surface area contributed by atoms with E-state index in [1.807, 2.05) is 6.92 Å². The molecule has 0 amide bonds. The Balaban J connectivity index is 2.66. The lowest BCUT2D eigenvalue weighted by Gasteiger charge is -2.18. The second-order valence-electron chi connectivity index (χ2n) is 4.36. The van der Waals surface area contributed by atoms with E-state index < -0.39 is 30.5 Å². The summed E-state index contributed by atoms with van der Waals surface area (Å²) >= 11 is 0. The van der Waals surface area contributed by atoms with Crippen LogP contribution >= 0.6 is 0 Å². The fraction of sp³-hybridized carbons (Fsp3) is 0.615. The Morgan fingerprint density at radius 1 is 1.53 bits per heavy atom. The Morgan fingerprint density at radius 3 is 2.79 bits per heavy atom. The number of hydrogen-bond donors (Lipinski definition) is 3. The van der Waals surface area contributed by atoms with Crippen LogP contribution in [0.1, 0.15) is 32.6 Å². The van der Waals surface area contributed by atoms with Crippen molar-refractivity contribution in [1.82, 2.24) is 0 Å². The van der Waals surface area contributed by atoms with Crippen molar-refractivity contribution in [2.45, 2.75) is 44.8 Å². The van der Waals surface area contributed by atoms with Crippen molar-refractivity contribution in [2.75, 3.05) is 6.61 Å². The molecule has 6 nitrogen and oxygen atoms in total. The third kappa shape index (κ3) is 3.97. The minimum absolute atomic E-state index is 0.0890. The molecule has 0 radical (unpaired) electrons. The monoisotopic (exact) mass is 272 g/mol. The topological polar surface area (TPSA) is 96.2 Å². The van der Waals surface area contributed by atoms with Crippen molar-refractivity contribution in [3.05, 3.63) is 23.9 Å². The number of aliphatic hydroxyl groups excluding tert-OH is 3. The third-order valence-electron chi connectivity index (χ3n) is 2.77. The quantitative estimate of drug-likeness (QED) is 0.475. The number of aliphatic hydroxyl groups is 3. The minimum Gasteiger partial charge on any atom is -0.502 e. The van der Waals surface area contributed by atoms with E-state index in [-0.39, 0.29) is 17.9 Å². The van der Waals surface area contributed by atoms with Crippen LogP contribution in [0.3, 0.4) is 0 Å². The van der Waals surface area contributed by atoms with E-state index in [1.165, 1.54) is 0 Å². The largest absolute Gasteiger partial charge is 0.502 e. The number of carbonyl (C=O) groups excluding carboxylic acids is 1. The van der Waals surface area contributed by atoms with Gasteiger partial charge < -0.3 is 24.8 Å². The number of rotatable bonds is 7. The fourth-order valence-corrected chi connectivity index (χ4v) is 1.68. The summed E-state index contributed by atoms with van der Waals surface area (Å²) in [7, 11) is 0. The molecule has 1 rings (SSSR count). The highest BCUT2D eigenvalue weighted by Crippen LogP contribution is 2.30. The summed E-state index contributed by atoms with van der Waals surface area (Å²) in [5.74, 6) is -1.19. The van der Waals surface area contributed by atoms with Crippen molar-refractivity contribution < 1.29 is 29.6 Å². The van der Waals surface area contributed by atoms with Gasteiger partial charge in [-0.3, -0.25) is 4.79 Å². The van der Waals surface area contributed by atoms with Crippen molar-refractivity contribution >= 4 is 5.97 Å². The van der Waals surface area contributed by atoms with E-state index in [2.05, 4.69) is 6.58 Å². The van der Waals surface area contributed by atoms with Crippen LogP contribution in [0.25, 0.3) is 0 Å². The maximum atomic E-state index is 11.6. The molecule has 6 heteroatoms. The van der Waals surface area contributed by atoms with Gasteiger partial charge in [0.15, 0.2) is 17.6 Å². The first-order chi connectivity index (χ1) is 9.01. The van der Waals surface area contributed by atoms with Gasteiger partial charge in [-0.25, -0.2) is 0 Å². The summed E-state index contributed by atoms with van der Waals surface area (Å²) < 4.78 is 10.1. The summed E-state index contributed by atoms with van der Waals surface area (Å²) in [6.07, 6.45) is 0.406. The van der Waals surface area contributed by atoms with Crippen LogP contribution < -0.4 is 0 Å². The lowest BCUT2D eigenvalue weighted by Crippen LogP contribution is -2.32. The summed E-state index contributed by atoms with van der Waals surface area (Å²) in [4.78, 5) is 11.6. The highest BCUT2D eigenvalue weighted by Gasteiger charge is 2.38. The SMILES string of the molecule is C=C1O[C@H]([C@@H](O)CO)C(OC(=O)CCCCC)=C1O. The second-order valence-corrected chi connectivity index (χ2v) is 4.36. The summed E-state index contributed by atoms with van der Waals surface area (Å²) in [5, 5.41) is 28.1. The number of carbonyl (C=O) groups is 1. The predicted molar refractivity (Wildman–Crippen MR) is 67.0 cm³/mol. The van der Waals surface area contributed by atoms with Gasteiger partial charge in [0.05, 0.1) is 6.61 Å². The minimum atomic E-state index is -1.29. The number of ether oxygens (including phenoxy) is 2. The molecule has 0 unspecified atom stereocenters. The average Bonchev–Trinajstić information content (AvgIpc) is 2.66. The van der Waals surface area contributed by atoms with E-state index in [4.69, 9.17) is 14.6 Å². The lowest BCUT2D eigenvalue weighted by molar-refractivity contribution is -0.142. The van der Waals surface area contributed by atoms with Crippen LogP contribution in [-0.2, 0) is 14.3 Å². The average molecular weight is 272 g/mol. The maximum absolute atomic E-state index is 11.6. The van der Waals surface area contributed by atoms with Crippen molar-refractivity contribution in [1.29, 1.82) is 0 Å². The molecule has 0 aromatic carbocycles. The molecule has 0 aromatic rings. The van der Waals surface area contributed by atoms with Crippen LogP contribution in [0.15, 0.2) is 23.9 Å². The Bertz CT molecular complexity index is 373. The molecule has 0 saturated carbocycles. The van der Waals surface area contributed by atoms with Gasteiger partial charge in [-0.05, 0) is 6.42 Å². The van der Waals surface area contributed by atoms with E-state index in [9.17, 15) is 15.0 Å². The van der Waals surface area contributed by atoms with E-state index in [1.54, 1.807) is 0 Å². The third-order valence-corrected chi connectivity index (χ3v) is 2.77. The summed E-state index contributed by atoms with van der Waals surface area (Å²) in [6, 6.07) is 0. The van der Waals surface area contributed by atoms with Crippen LogP contribution in [0.4, 0.5) is 0 Å². The molecule has 0 saturated heterocycles. The molecular weight excluding hydrogens is 252 g/mol. The molecule has 1 aliphatic rings. The standard InChI is InChI=1S/C13H20O6/c1-3-4-5-6-10(16)19-13-11(17)8(2)18-12(13)9(15)7-14/h9,12,14-15,17H,2-7H2,1H3/t9-,12+/m0/s1. The molecular formula is C13H20O6. The molecule has 0 fully saturated rings. The van der Waals surface area contributed by atoms with Gasteiger partial charge in [0.25, 0.3) is 0 Å². The predicted octanol–water partition coefficient (Wildman–Crippen LogP) is 1.15. The Labute approximate surface area is 112 Å². The molecule has 0 aromatic heterocycles. The van der Waals surface area contributed by atoms with Crippen LogP contribution in [0, 0.1) is 0 Å². The Hall–Kier alpha value is -1.53. The fourth-order valence-electron chi connectivity index (χ4n) is 1.68. The zero-order chi connectivity index (χ0) is 14.4. The van der Waals surface area contributed by atoms with Gasteiger partial charge in [-0.1, -0.05) is 26.3 Å². The van der Waals surface area contributed by atoms with Crippen molar-refractivity contribution in [3.8, 4) is 0 Å². The molecule has 1 heterocycles. The van der Waals surface area contributed by atoms with Crippen LogP contribution in [0.5, 0.6) is 0 Å². The molecule has 108 valence electrons. The molecule has 0 aliphatic carbocycles. The second kappa shape index (κ2) is 7.16. The number of esters is 1. The molecule has 0 bridgehead atoms. The molecule has 1 aliphatic heterocycles. The zero-order valence-corrected chi connectivity index (χ0v) is 11.0. The zero-order valence-electron chi connectivity index (χ0n) is 11.0. The smallest absolute Gasteiger partial charge is 0.311 e. The maximum Gasteiger partial charge on any atom is 0.311 e. The molecule has 3 N–H and O–H groups in total. The summed E-state index contributed by atoms with van der Waals surface area (Å²) in [5.41, 5.74) is 0. The van der Waals surface area contributed by atoms with Gasteiger partial charge in [0.2, 0.25) is 5.76 Å². The van der Waals surface area contributed by atoms with Crippen LogP contribution in [0.2, 0.25) is 0 Å². The lowest BCUT2D eigenvalue weighted by atomic mass is 10.1. The van der Waals surface area contributed by atoms with Gasteiger partial charge in [-0.2, -0.15) is 0 Å². The Morgan fingerprint density at radius 2 is 2.21 bits per heavy atom. The van der Waals surface area contributed by atoms with E-state index >= 15 is 0 Å². The first-order valence-electron chi connectivity index (χ1n) is 6.29. The molecule has 0 spiro atoms. The van der Waals surface area contributed by atoms with Crippen LogP contribution in [-0.4, -0.2) is 40.1 Å². The molecule has 2 atom stereocenters. The highest BCUT2D eigenvalue weighted by atomic mass is 16.6. The van der Waals surface area contributed by atoms with Gasteiger partial charge >= 0.3 is 5.97 Å². The van der Waals surface area contributed by atoms with Crippen molar-refractivity contribution in [2.24, 2.45) is 0 Å². The van der Waals surface area contributed by atoms with Crippen molar-refractivity contribution in [3.63, 3.8) is 0 Å². The first kappa shape index (κ1) is 15.5. The number of hydrogen-bond acceptors (Lipinski definition) is 6. The Kier molecular flexibility index (Phi) is 5.85. The van der Waals surface area contributed by atoms with E-state index in [0.29, 0.717) is 6.42 Å². The van der Waals surface area contributed by atoms with Gasteiger partial charge in [-0.15, -0.1) is 0 Å². The normalized spacial score (nSPS) is 20.4.